The van der Waals surface area contributed by atoms with E-state index in [0.717, 1.165) is 5.56 Å². The Kier molecular flexibility index (Phi) is 11.3. The van der Waals surface area contributed by atoms with Crippen LogP contribution in [0, 0.1) is 0 Å². The van der Waals surface area contributed by atoms with Crippen molar-refractivity contribution < 1.29 is 49.1 Å². The lowest BCUT2D eigenvalue weighted by atomic mass is 10.0. The Labute approximate surface area is 241 Å². The summed E-state index contributed by atoms with van der Waals surface area (Å²) in [5.74, 6) is -3.98. The Hall–Kier alpha value is -5.01. The highest BCUT2D eigenvalue weighted by atomic mass is 16.5. The second-order valence-electron chi connectivity index (χ2n) is 9.34. The quantitative estimate of drug-likeness (QED) is 0.182. The first-order valence-electron chi connectivity index (χ1n) is 12.7. The molecule has 222 valence electrons. The third-order valence-electron chi connectivity index (χ3n) is 5.87. The number of hydrogen-bond acceptors (Lipinski definition) is 9. The zero-order chi connectivity index (χ0) is 30.6. The standard InChI is InChI=1S/C29H31N3O10/c1-41-25-11-20(7-8-24(25)42-18-19-5-3-2-4-6-19)21-9-22(12-31(14-26(33)34)15-27(35)36)30-23(10-21)13-32(16-28(37)38)17-29(39)40/h2-11H,12-18H2,1H3,(H,33,34)(H,35,36)(H,37,38)(H,39,40). The van der Waals surface area contributed by atoms with E-state index in [9.17, 15) is 39.6 Å². The van der Waals surface area contributed by atoms with Gasteiger partial charge in [-0.05, 0) is 41.0 Å². The third kappa shape index (κ3) is 10.2. The number of benzene rings is 2. The number of hydrogen-bond donors (Lipinski definition) is 4. The molecule has 4 N–H and O–H groups in total. The van der Waals surface area contributed by atoms with Crippen molar-refractivity contribution in [3.05, 3.63) is 77.6 Å². The molecule has 0 amide bonds. The van der Waals surface area contributed by atoms with Crippen molar-refractivity contribution in [2.75, 3.05) is 33.3 Å². The number of aromatic nitrogens is 1. The topological polar surface area (TPSA) is 187 Å². The van der Waals surface area contributed by atoms with Gasteiger partial charge in [-0.15, -0.1) is 0 Å². The summed E-state index contributed by atoms with van der Waals surface area (Å²) in [7, 11) is 1.49. The van der Waals surface area contributed by atoms with Gasteiger partial charge in [0, 0.05) is 13.1 Å². The normalized spacial score (nSPS) is 10.9. The molecule has 1 heterocycles. The molecule has 1 aromatic heterocycles. The van der Waals surface area contributed by atoms with Gasteiger partial charge < -0.3 is 29.9 Å². The first-order chi connectivity index (χ1) is 20.0. The Morgan fingerprint density at radius 1 is 0.667 bits per heavy atom. The van der Waals surface area contributed by atoms with Crippen molar-refractivity contribution in [3.63, 3.8) is 0 Å². The fourth-order valence-corrected chi connectivity index (χ4v) is 4.24. The number of methoxy groups -OCH3 is 1. The Morgan fingerprint density at radius 2 is 1.17 bits per heavy atom. The van der Waals surface area contributed by atoms with Crippen LogP contribution in [-0.4, -0.2) is 92.4 Å². The molecule has 0 aliphatic heterocycles. The van der Waals surface area contributed by atoms with E-state index in [1.807, 2.05) is 30.3 Å². The van der Waals surface area contributed by atoms with Crippen molar-refractivity contribution in [1.29, 1.82) is 0 Å². The summed E-state index contributed by atoms with van der Waals surface area (Å²) in [5, 5.41) is 37.0. The Balaban J connectivity index is 1.99. The molecule has 0 atom stereocenters. The minimum absolute atomic E-state index is 0.146. The van der Waals surface area contributed by atoms with Gasteiger partial charge in [0.1, 0.15) is 6.61 Å². The molecule has 13 heteroatoms. The summed E-state index contributed by atoms with van der Waals surface area (Å²) < 4.78 is 11.5. The van der Waals surface area contributed by atoms with E-state index in [2.05, 4.69) is 4.98 Å². The molecule has 3 rings (SSSR count). The van der Waals surface area contributed by atoms with Gasteiger partial charge in [0.2, 0.25) is 0 Å². The number of carbonyl (C=O) groups is 4. The summed E-state index contributed by atoms with van der Waals surface area (Å²) in [6.45, 7) is -2.21. The minimum atomic E-state index is -1.22. The molecule has 0 bridgehead atoms. The van der Waals surface area contributed by atoms with E-state index in [4.69, 9.17) is 9.47 Å². The summed E-state index contributed by atoms with van der Waals surface area (Å²) in [6.07, 6.45) is 0. The highest BCUT2D eigenvalue weighted by molar-refractivity contribution is 5.73. The van der Waals surface area contributed by atoms with E-state index in [1.54, 1.807) is 30.3 Å². The van der Waals surface area contributed by atoms with Crippen molar-refractivity contribution >= 4 is 23.9 Å². The van der Waals surface area contributed by atoms with Crippen LogP contribution >= 0.6 is 0 Å². The van der Waals surface area contributed by atoms with Gasteiger partial charge >= 0.3 is 23.9 Å². The number of nitrogens with zero attached hydrogens (tertiary/aromatic N) is 3. The van der Waals surface area contributed by atoms with E-state index in [-0.39, 0.29) is 13.1 Å². The van der Waals surface area contributed by atoms with Crippen LogP contribution in [0.15, 0.2) is 60.7 Å². The highest BCUT2D eigenvalue weighted by Gasteiger charge is 2.19. The van der Waals surface area contributed by atoms with Crippen LogP contribution in [0.4, 0.5) is 0 Å². The molecule has 42 heavy (non-hydrogen) atoms. The lowest BCUT2D eigenvalue weighted by molar-refractivity contribution is -0.144. The van der Waals surface area contributed by atoms with Crippen LogP contribution in [0.5, 0.6) is 11.5 Å². The smallest absolute Gasteiger partial charge is 0.317 e. The number of pyridine rings is 1. The highest BCUT2D eigenvalue weighted by Crippen LogP contribution is 2.34. The Bertz CT molecular complexity index is 1330. The largest absolute Gasteiger partial charge is 0.493 e. The van der Waals surface area contributed by atoms with Crippen molar-refractivity contribution in [3.8, 4) is 22.6 Å². The third-order valence-corrected chi connectivity index (χ3v) is 5.87. The van der Waals surface area contributed by atoms with Gasteiger partial charge in [0.15, 0.2) is 11.5 Å². The molecule has 0 unspecified atom stereocenters. The molecule has 3 aromatic rings. The van der Waals surface area contributed by atoms with E-state index in [1.165, 1.54) is 16.9 Å². The molecule has 0 fully saturated rings. The van der Waals surface area contributed by atoms with Crippen molar-refractivity contribution in [1.82, 2.24) is 14.8 Å². The first kappa shape index (κ1) is 31.5. The second kappa shape index (κ2) is 15.1. The fourth-order valence-electron chi connectivity index (χ4n) is 4.24. The lowest BCUT2D eigenvalue weighted by Crippen LogP contribution is -2.35. The predicted molar refractivity (Wildman–Crippen MR) is 148 cm³/mol. The van der Waals surface area contributed by atoms with Crippen LogP contribution in [0.25, 0.3) is 11.1 Å². The molecule has 0 radical (unpaired) electrons. The number of carboxylic acids is 4. The minimum Gasteiger partial charge on any atom is -0.493 e. The number of carboxylic acid groups (broad SMARTS) is 4. The molecular weight excluding hydrogens is 550 g/mol. The van der Waals surface area contributed by atoms with Crippen LogP contribution in [0.3, 0.4) is 0 Å². The van der Waals surface area contributed by atoms with Gasteiger partial charge in [-0.1, -0.05) is 36.4 Å². The second-order valence-corrected chi connectivity index (χ2v) is 9.34. The van der Waals surface area contributed by atoms with Gasteiger partial charge in [-0.25, -0.2) is 0 Å². The van der Waals surface area contributed by atoms with Gasteiger partial charge in [0.05, 0.1) is 44.7 Å². The molecule has 0 saturated heterocycles. The van der Waals surface area contributed by atoms with Gasteiger partial charge in [-0.3, -0.25) is 34.0 Å². The molecule has 0 saturated carbocycles. The van der Waals surface area contributed by atoms with Gasteiger partial charge in [0.25, 0.3) is 0 Å². The molecule has 0 aliphatic rings. The van der Waals surface area contributed by atoms with E-state index < -0.39 is 50.1 Å². The first-order valence-corrected chi connectivity index (χ1v) is 12.7. The maximum atomic E-state index is 11.3. The van der Waals surface area contributed by atoms with Gasteiger partial charge in [-0.2, -0.15) is 0 Å². The average molecular weight is 582 g/mol. The fraction of sp³-hybridized carbons (Fsp3) is 0.276. The van der Waals surface area contributed by atoms with Crippen LogP contribution in [0.1, 0.15) is 17.0 Å². The maximum absolute atomic E-state index is 11.3. The molecular formula is C29H31N3O10. The molecule has 0 spiro atoms. The number of aliphatic carboxylic acids is 4. The summed E-state index contributed by atoms with van der Waals surface area (Å²) in [5.41, 5.74) is 2.80. The van der Waals surface area contributed by atoms with Crippen LogP contribution in [0.2, 0.25) is 0 Å². The zero-order valence-electron chi connectivity index (χ0n) is 22.8. The molecule has 13 nitrogen and oxygen atoms in total. The SMILES string of the molecule is COc1cc(-c2cc(CN(CC(=O)O)CC(=O)O)nc(CN(CC(=O)O)CC(=O)O)c2)ccc1OCc1ccccc1. The maximum Gasteiger partial charge on any atom is 0.317 e. The lowest BCUT2D eigenvalue weighted by Gasteiger charge is -2.21. The molecule has 0 aliphatic carbocycles. The number of ether oxygens (including phenoxy) is 2. The summed E-state index contributed by atoms with van der Waals surface area (Å²) >= 11 is 0. The number of rotatable bonds is 17. The van der Waals surface area contributed by atoms with Crippen LogP contribution < -0.4 is 9.47 Å². The molecule has 2 aromatic carbocycles. The summed E-state index contributed by atoms with van der Waals surface area (Å²) in [4.78, 5) is 52.2. The predicted octanol–water partition coefficient (Wildman–Crippen LogP) is 2.28. The Morgan fingerprint density at radius 3 is 1.62 bits per heavy atom. The van der Waals surface area contributed by atoms with Crippen molar-refractivity contribution in [2.45, 2.75) is 19.7 Å². The monoisotopic (exact) mass is 581 g/mol. The van der Waals surface area contributed by atoms with E-state index in [0.29, 0.717) is 40.6 Å². The summed E-state index contributed by atoms with van der Waals surface area (Å²) in [6, 6.07) is 18.1. The van der Waals surface area contributed by atoms with Crippen LogP contribution in [-0.2, 0) is 38.9 Å². The van der Waals surface area contributed by atoms with E-state index >= 15 is 0 Å². The van der Waals surface area contributed by atoms with Crippen molar-refractivity contribution in [2.24, 2.45) is 0 Å². The zero-order valence-corrected chi connectivity index (χ0v) is 22.8. The average Bonchev–Trinajstić information content (AvgIpc) is 2.90.